The zero-order valence-electron chi connectivity index (χ0n) is 20.4. The number of amides is 2. The van der Waals surface area contributed by atoms with Crippen molar-refractivity contribution in [2.75, 3.05) is 44.2 Å². The summed E-state index contributed by atoms with van der Waals surface area (Å²) in [4.78, 5) is 31.2. The number of para-hydroxylation sites is 2. The van der Waals surface area contributed by atoms with Crippen LogP contribution < -0.4 is 9.64 Å². The van der Waals surface area contributed by atoms with Crippen molar-refractivity contribution in [3.63, 3.8) is 0 Å². The number of hydrogen-bond donors (Lipinski definition) is 0. The van der Waals surface area contributed by atoms with Crippen LogP contribution in [0.2, 0.25) is 0 Å². The van der Waals surface area contributed by atoms with Crippen molar-refractivity contribution >= 4 is 17.7 Å². The minimum Gasteiger partial charge on any atom is -0.486 e. The average molecular weight is 466 g/mol. The SMILES string of the molecule is CC(C)(C)OC(=O)N1CCN(c2ccccc2OC2CCCN(C(=O)c3ccccc3)C2)CC1. The topological polar surface area (TPSA) is 62.3 Å². The number of nitrogens with zero attached hydrogens (tertiary/aromatic N) is 3. The first-order chi connectivity index (χ1) is 16.3. The van der Waals surface area contributed by atoms with Gasteiger partial charge in [-0.2, -0.15) is 0 Å². The number of rotatable bonds is 4. The molecular formula is C27H35N3O4. The number of anilines is 1. The summed E-state index contributed by atoms with van der Waals surface area (Å²) in [5, 5.41) is 0. The molecule has 2 aromatic carbocycles. The van der Waals surface area contributed by atoms with Crippen molar-refractivity contribution in [1.82, 2.24) is 9.80 Å². The monoisotopic (exact) mass is 465 g/mol. The molecule has 34 heavy (non-hydrogen) atoms. The van der Waals surface area contributed by atoms with Crippen molar-refractivity contribution in [2.45, 2.75) is 45.3 Å². The quantitative estimate of drug-likeness (QED) is 0.669. The van der Waals surface area contributed by atoms with Gasteiger partial charge in [-0.3, -0.25) is 4.79 Å². The molecule has 2 saturated heterocycles. The van der Waals surface area contributed by atoms with E-state index in [9.17, 15) is 9.59 Å². The second kappa shape index (κ2) is 10.4. The Balaban J connectivity index is 1.37. The second-order valence-corrected chi connectivity index (χ2v) is 9.92. The van der Waals surface area contributed by atoms with E-state index in [2.05, 4.69) is 11.0 Å². The van der Waals surface area contributed by atoms with Gasteiger partial charge in [-0.1, -0.05) is 30.3 Å². The molecule has 2 amide bonds. The van der Waals surface area contributed by atoms with E-state index in [1.165, 1.54) is 0 Å². The smallest absolute Gasteiger partial charge is 0.410 e. The molecule has 0 saturated carbocycles. The first kappa shape index (κ1) is 23.9. The summed E-state index contributed by atoms with van der Waals surface area (Å²) in [5.74, 6) is 0.882. The van der Waals surface area contributed by atoms with Crippen molar-refractivity contribution in [1.29, 1.82) is 0 Å². The van der Waals surface area contributed by atoms with E-state index < -0.39 is 5.60 Å². The predicted molar refractivity (Wildman–Crippen MR) is 132 cm³/mol. The first-order valence-electron chi connectivity index (χ1n) is 12.1. The maximum Gasteiger partial charge on any atom is 0.410 e. The number of benzene rings is 2. The minimum absolute atomic E-state index is 0.0504. The molecular weight excluding hydrogens is 430 g/mol. The molecule has 1 unspecified atom stereocenters. The van der Waals surface area contributed by atoms with Crippen LogP contribution in [-0.2, 0) is 4.74 Å². The summed E-state index contributed by atoms with van der Waals surface area (Å²) in [6.45, 7) is 9.61. The van der Waals surface area contributed by atoms with Gasteiger partial charge in [0.05, 0.1) is 12.2 Å². The van der Waals surface area contributed by atoms with Crippen LogP contribution in [0.15, 0.2) is 54.6 Å². The molecule has 0 N–H and O–H groups in total. The van der Waals surface area contributed by atoms with Gasteiger partial charge in [0.15, 0.2) is 0 Å². The van der Waals surface area contributed by atoms with Crippen molar-refractivity contribution in [3.05, 3.63) is 60.2 Å². The summed E-state index contributed by atoms with van der Waals surface area (Å²) in [6, 6.07) is 17.5. The molecule has 1 atom stereocenters. The van der Waals surface area contributed by atoms with Crippen molar-refractivity contribution in [2.24, 2.45) is 0 Å². The highest BCUT2D eigenvalue weighted by Gasteiger charge is 2.29. The fourth-order valence-corrected chi connectivity index (χ4v) is 4.44. The summed E-state index contributed by atoms with van der Waals surface area (Å²) >= 11 is 0. The maximum atomic E-state index is 12.9. The average Bonchev–Trinajstić information content (AvgIpc) is 2.84. The molecule has 4 rings (SSSR count). The van der Waals surface area contributed by atoms with Gasteiger partial charge >= 0.3 is 6.09 Å². The number of carbonyl (C=O) groups is 2. The number of carbonyl (C=O) groups excluding carboxylic acids is 2. The van der Waals surface area contributed by atoms with E-state index in [4.69, 9.17) is 9.47 Å². The van der Waals surface area contributed by atoms with Crippen LogP contribution in [-0.4, -0.2) is 72.8 Å². The van der Waals surface area contributed by atoms with E-state index in [1.807, 2.05) is 74.2 Å². The Bertz CT molecular complexity index is 981. The fraction of sp³-hybridized carbons (Fsp3) is 0.481. The van der Waals surface area contributed by atoms with Crippen molar-refractivity contribution < 1.29 is 19.1 Å². The fourth-order valence-electron chi connectivity index (χ4n) is 4.44. The third-order valence-corrected chi connectivity index (χ3v) is 6.12. The van der Waals surface area contributed by atoms with E-state index in [0.29, 0.717) is 38.3 Å². The molecule has 2 aromatic rings. The standard InChI is InChI=1S/C27H35N3O4/c1-27(2,3)34-26(32)29-18-16-28(17-19-29)23-13-7-8-14-24(23)33-22-12-9-15-30(20-22)25(31)21-10-5-4-6-11-21/h4-8,10-11,13-14,22H,9,12,15-20H2,1-3H3. The molecule has 0 radical (unpaired) electrons. The van der Waals surface area contributed by atoms with Crippen LogP contribution in [0.3, 0.4) is 0 Å². The van der Waals surface area contributed by atoms with Gasteiger partial charge in [0.25, 0.3) is 5.91 Å². The van der Waals surface area contributed by atoms with Crippen LogP contribution >= 0.6 is 0 Å². The Morgan fingerprint density at radius 2 is 1.53 bits per heavy atom. The second-order valence-electron chi connectivity index (χ2n) is 9.92. The normalized spacial score (nSPS) is 19.0. The predicted octanol–water partition coefficient (Wildman–Crippen LogP) is 4.43. The summed E-state index contributed by atoms with van der Waals surface area (Å²) < 4.78 is 12.0. The lowest BCUT2D eigenvalue weighted by molar-refractivity contribution is 0.0240. The van der Waals surface area contributed by atoms with Crippen LogP contribution in [0.4, 0.5) is 10.5 Å². The number of hydrogen-bond acceptors (Lipinski definition) is 5. The van der Waals surface area contributed by atoms with Gasteiger partial charge < -0.3 is 24.2 Å². The minimum atomic E-state index is -0.496. The van der Waals surface area contributed by atoms with E-state index >= 15 is 0 Å². The third kappa shape index (κ3) is 6.01. The number of likely N-dealkylation sites (tertiary alicyclic amines) is 1. The molecule has 7 heteroatoms. The lowest BCUT2D eigenvalue weighted by Gasteiger charge is -2.38. The lowest BCUT2D eigenvalue weighted by Crippen LogP contribution is -2.50. The van der Waals surface area contributed by atoms with Gasteiger partial charge in [0.1, 0.15) is 17.5 Å². The highest BCUT2D eigenvalue weighted by Crippen LogP contribution is 2.31. The number of piperidine rings is 1. The number of ether oxygens (including phenoxy) is 2. The van der Waals surface area contributed by atoms with Crippen LogP contribution in [0.1, 0.15) is 44.0 Å². The van der Waals surface area contributed by atoms with E-state index in [-0.39, 0.29) is 18.1 Å². The molecule has 2 aliphatic rings. The van der Waals surface area contributed by atoms with E-state index in [0.717, 1.165) is 30.8 Å². The van der Waals surface area contributed by atoms with Crippen LogP contribution in [0, 0.1) is 0 Å². The molecule has 0 aromatic heterocycles. The van der Waals surface area contributed by atoms with Gasteiger partial charge in [0.2, 0.25) is 0 Å². The largest absolute Gasteiger partial charge is 0.486 e. The Hall–Kier alpha value is -3.22. The molecule has 7 nitrogen and oxygen atoms in total. The lowest BCUT2D eigenvalue weighted by atomic mass is 10.1. The highest BCUT2D eigenvalue weighted by molar-refractivity contribution is 5.94. The van der Waals surface area contributed by atoms with Gasteiger partial charge in [-0.25, -0.2) is 4.79 Å². The van der Waals surface area contributed by atoms with Gasteiger partial charge in [-0.05, 0) is 57.9 Å². The molecule has 0 aliphatic carbocycles. The van der Waals surface area contributed by atoms with Gasteiger partial charge in [0, 0.05) is 38.3 Å². The van der Waals surface area contributed by atoms with Crippen LogP contribution in [0.25, 0.3) is 0 Å². The Labute approximate surface area is 202 Å². The zero-order chi connectivity index (χ0) is 24.1. The Morgan fingerprint density at radius 3 is 2.24 bits per heavy atom. The highest BCUT2D eigenvalue weighted by atomic mass is 16.6. The summed E-state index contributed by atoms with van der Waals surface area (Å²) in [6.07, 6.45) is 1.52. The molecule has 2 fully saturated rings. The summed E-state index contributed by atoms with van der Waals surface area (Å²) in [5.41, 5.74) is 1.24. The molecule has 2 heterocycles. The van der Waals surface area contributed by atoms with E-state index in [1.54, 1.807) is 4.90 Å². The van der Waals surface area contributed by atoms with Crippen molar-refractivity contribution in [3.8, 4) is 5.75 Å². The molecule has 182 valence electrons. The Kier molecular flexibility index (Phi) is 7.29. The summed E-state index contributed by atoms with van der Waals surface area (Å²) in [7, 11) is 0. The van der Waals surface area contributed by atoms with Crippen LogP contribution in [0.5, 0.6) is 5.75 Å². The Morgan fingerprint density at radius 1 is 0.853 bits per heavy atom. The first-order valence-corrected chi connectivity index (χ1v) is 12.1. The zero-order valence-corrected chi connectivity index (χ0v) is 20.4. The number of piperazine rings is 1. The molecule has 2 aliphatic heterocycles. The third-order valence-electron chi connectivity index (χ3n) is 6.12. The van der Waals surface area contributed by atoms with Gasteiger partial charge in [-0.15, -0.1) is 0 Å². The maximum absolute atomic E-state index is 12.9. The molecule has 0 spiro atoms. The molecule has 0 bridgehead atoms.